The molecule has 0 aliphatic heterocycles. The lowest BCUT2D eigenvalue weighted by Crippen LogP contribution is -2.55. The number of hydrogen-bond acceptors (Lipinski definition) is 5. The molecule has 5 N–H and O–H groups in total. The van der Waals surface area contributed by atoms with E-state index in [0.29, 0.717) is 17.8 Å². The van der Waals surface area contributed by atoms with E-state index in [2.05, 4.69) is 20.9 Å². The maximum Gasteiger partial charge on any atom is 0.243 e. The minimum Gasteiger partial charge on any atom is -0.384 e. The molecule has 0 fully saturated rings. The van der Waals surface area contributed by atoms with Crippen molar-refractivity contribution in [2.24, 2.45) is 0 Å². The van der Waals surface area contributed by atoms with Crippen LogP contribution in [0.1, 0.15) is 30.5 Å². The molecule has 2 atom stereocenters. The zero-order valence-electron chi connectivity index (χ0n) is 20.3. The number of anilines is 1. The molecule has 2 amide bonds. The second kappa shape index (κ2) is 12.7. The Morgan fingerprint density at radius 1 is 0.861 bits per heavy atom. The van der Waals surface area contributed by atoms with Gasteiger partial charge in [0.05, 0.1) is 6.04 Å². The van der Waals surface area contributed by atoms with Crippen molar-refractivity contribution >= 4 is 17.6 Å². The van der Waals surface area contributed by atoms with E-state index in [1.165, 1.54) is 6.07 Å². The van der Waals surface area contributed by atoms with Crippen LogP contribution in [0, 0.1) is 11.6 Å². The average Bonchev–Trinajstić information content (AvgIpc) is 2.85. The fourth-order valence-electron chi connectivity index (χ4n) is 3.72. The van der Waals surface area contributed by atoms with Gasteiger partial charge in [0, 0.05) is 25.2 Å². The predicted octanol–water partition coefficient (Wildman–Crippen LogP) is 2.89. The minimum atomic E-state index is -1.02. The van der Waals surface area contributed by atoms with Gasteiger partial charge in [0.1, 0.15) is 11.9 Å². The van der Waals surface area contributed by atoms with Crippen LogP contribution in [0.15, 0.2) is 66.9 Å². The number of nitrogen functional groups attached to an aromatic ring is 1. The maximum atomic E-state index is 13.8. The molecular formula is C27H31F2N5O2. The van der Waals surface area contributed by atoms with Crippen LogP contribution in [0.5, 0.6) is 0 Å². The molecule has 9 heteroatoms. The van der Waals surface area contributed by atoms with E-state index in [0.717, 1.165) is 23.3 Å². The summed E-state index contributed by atoms with van der Waals surface area (Å²) in [5.41, 5.74) is 7.66. The number of amides is 2. The fourth-order valence-corrected chi connectivity index (χ4v) is 3.72. The Balaban J connectivity index is 1.77. The zero-order valence-corrected chi connectivity index (χ0v) is 20.3. The Bertz CT molecular complexity index is 1160. The van der Waals surface area contributed by atoms with Crippen LogP contribution < -0.4 is 21.7 Å². The summed E-state index contributed by atoms with van der Waals surface area (Å²) in [6.07, 6.45) is 1.94. The fraction of sp³-hybridized carbons (Fsp3) is 0.296. The van der Waals surface area contributed by atoms with Crippen LogP contribution in [-0.2, 0) is 29.0 Å². The lowest BCUT2D eigenvalue weighted by molar-refractivity contribution is -0.130. The number of nitrogens with two attached hydrogens (primary N) is 1. The first-order valence-corrected chi connectivity index (χ1v) is 11.7. The molecule has 0 bridgehead atoms. The quantitative estimate of drug-likeness (QED) is 0.327. The van der Waals surface area contributed by atoms with E-state index >= 15 is 0 Å². The van der Waals surface area contributed by atoms with Crippen molar-refractivity contribution in [3.63, 3.8) is 0 Å². The van der Waals surface area contributed by atoms with Crippen molar-refractivity contribution in [2.75, 3.05) is 5.73 Å². The second-order valence-electron chi connectivity index (χ2n) is 8.89. The molecule has 0 aliphatic rings. The highest BCUT2D eigenvalue weighted by Gasteiger charge is 2.27. The van der Waals surface area contributed by atoms with E-state index in [1.54, 1.807) is 18.3 Å². The molecule has 190 valence electrons. The third kappa shape index (κ3) is 8.13. The van der Waals surface area contributed by atoms with Gasteiger partial charge in [-0.3, -0.25) is 9.59 Å². The Hall–Kier alpha value is -3.85. The summed E-state index contributed by atoms with van der Waals surface area (Å²) < 4.78 is 27.2. The van der Waals surface area contributed by atoms with Gasteiger partial charge in [-0.25, -0.2) is 13.8 Å². The number of hydrogen-bond donors (Lipinski definition) is 4. The van der Waals surface area contributed by atoms with Gasteiger partial charge in [0.25, 0.3) is 0 Å². The Morgan fingerprint density at radius 2 is 1.56 bits per heavy atom. The zero-order chi connectivity index (χ0) is 26.1. The first-order valence-electron chi connectivity index (χ1n) is 11.7. The molecule has 0 radical (unpaired) electrons. The lowest BCUT2D eigenvalue weighted by atomic mass is 10.0. The lowest BCUT2D eigenvalue weighted by Gasteiger charge is -2.25. The summed E-state index contributed by atoms with van der Waals surface area (Å²) in [5.74, 6) is -2.48. The SMILES string of the molecule is CC(C)N[C@@H](Cc1ccccc1)C(=O)N[C@H](Cc1ccc(F)c(F)c1)C(=O)NCc1ccc(N)nc1. The number of halogens is 2. The minimum absolute atomic E-state index is 0.0148. The van der Waals surface area contributed by atoms with Crippen molar-refractivity contribution in [1.29, 1.82) is 0 Å². The van der Waals surface area contributed by atoms with Crippen LogP contribution >= 0.6 is 0 Å². The van der Waals surface area contributed by atoms with Crippen molar-refractivity contribution in [3.05, 3.63) is 95.2 Å². The van der Waals surface area contributed by atoms with Gasteiger partial charge < -0.3 is 21.7 Å². The van der Waals surface area contributed by atoms with Gasteiger partial charge in [-0.2, -0.15) is 0 Å². The van der Waals surface area contributed by atoms with Crippen molar-refractivity contribution < 1.29 is 18.4 Å². The molecule has 7 nitrogen and oxygen atoms in total. The monoisotopic (exact) mass is 495 g/mol. The van der Waals surface area contributed by atoms with Gasteiger partial charge in [0.2, 0.25) is 11.8 Å². The molecule has 3 aromatic rings. The highest BCUT2D eigenvalue weighted by Crippen LogP contribution is 2.12. The molecule has 1 aromatic heterocycles. The summed E-state index contributed by atoms with van der Waals surface area (Å²) in [6.45, 7) is 4.02. The van der Waals surface area contributed by atoms with Gasteiger partial charge in [-0.15, -0.1) is 0 Å². The van der Waals surface area contributed by atoms with Crippen molar-refractivity contribution in [1.82, 2.24) is 20.9 Å². The van der Waals surface area contributed by atoms with Crippen LogP contribution in [-0.4, -0.2) is 34.9 Å². The molecule has 2 aromatic carbocycles. The van der Waals surface area contributed by atoms with Gasteiger partial charge in [0.15, 0.2) is 11.6 Å². The molecule has 3 rings (SSSR count). The van der Waals surface area contributed by atoms with Crippen LogP contribution in [0.4, 0.5) is 14.6 Å². The normalized spacial score (nSPS) is 12.7. The molecule has 0 aliphatic carbocycles. The van der Waals surface area contributed by atoms with Crippen LogP contribution in [0.25, 0.3) is 0 Å². The molecule has 0 unspecified atom stereocenters. The van der Waals surface area contributed by atoms with E-state index in [9.17, 15) is 18.4 Å². The van der Waals surface area contributed by atoms with E-state index in [-0.39, 0.29) is 24.9 Å². The number of rotatable bonds is 11. The first-order chi connectivity index (χ1) is 17.2. The van der Waals surface area contributed by atoms with Crippen LogP contribution in [0.2, 0.25) is 0 Å². The highest BCUT2D eigenvalue weighted by atomic mass is 19.2. The third-order valence-corrected chi connectivity index (χ3v) is 5.50. The van der Waals surface area contributed by atoms with E-state index in [4.69, 9.17) is 5.73 Å². The van der Waals surface area contributed by atoms with Gasteiger partial charge in [-0.1, -0.05) is 56.3 Å². The topological polar surface area (TPSA) is 109 Å². The smallest absolute Gasteiger partial charge is 0.243 e. The largest absolute Gasteiger partial charge is 0.384 e. The molecule has 0 saturated heterocycles. The molecule has 0 saturated carbocycles. The maximum absolute atomic E-state index is 13.8. The Morgan fingerprint density at radius 3 is 2.19 bits per heavy atom. The molecule has 1 heterocycles. The van der Waals surface area contributed by atoms with Crippen LogP contribution in [0.3, 0.4) is 0 Å². The number of carbonyl (C=O) groups is 2. The number of nitrogens with zero attached hydrogens (tertiary/aromatic N) is 1. The third-order valence-electron chi connectivity index (χ3n) is 5.50. The predicted molar refractivity (Wildman–Crippen MR) is 135 cm³/mol. The number of pyridine rings is 1. The average molecular weight is 496 g/mol. The summed E-state index contributed by atoms with van der Waals surface area (Å²) in [5, 5.41) is 8.82. The van der Waals surface area contributed by atoms with Crippen molar-refractivity contribution in [3.8, 4) is 0 Å². The highest BCUT2D eigenvalue weighted by molar-refractivity contribution is 5.90. The summed E-state index contributed by atoms with van der Waals surface area (Å²) >= 11 is 0. The molecular weight excluding hydrogens is 464 g/mol. The summed E-state index contributed by atoms with van der Waals surface area (Å²) in [4.78, 5) is 30.4. The molecule has 0 spiro atoms. The van der Waals surface area contributed by atoms with E-state index in [1.807, 2.05) is 44.2 Å². The first kappa shape index (κ1) is 26.7. The summed E-state index contributed by atoms with van der Waals surface area (Å²) in [6, 6.07) is 14.7. The standard InChI is InChI=1S/C27H31F2N5O2/c1-17(2)33-24(13-18-6-4-3-5-7-18)27(36)34-23(14-19-8-10-21(28)22(29)12-19)26(35)32-16-20-9-11-25(30)31-15-20/h3-12,15,17,23-24,33H,13-14,16H2,1-2H3,(H2,30,31)(H,32,35)(H,34,36)/t23-,24+/m1/s1. The number of benzene rings is 2. The van der Waals surface area contributed by atoms with Gasteiger partial charge in [-0.05, 0) is 41.3 Å². The van der Waals surface area contributed by atoms with E-state index < -0.39 is 29.6 Å². The number of carbonyl (C=O) groups excluding carboxylic acids is 2. The number of nitrogens with one attached hydrogen (secondary N) is 3. The van der Waals surface area contributed by atoms with Gasteiger partial charge >= 0.3 is 0 Å². The Kier molecular flexibility index (Phi) is 9.46. The second-order valence-corrected chi connectivity index (χ2v) is 8.89. The number of aromatic nitrogens is 1. The van der Waals surface area contributed by atoms with Crippen molar-refractivity contribution in [2.45, 2.75) is 51.4 Å². The molecule has 36 heavy (non-hydrogen) atoms. The Labute approximate surface area is 209 Å². The summed E-state index contributed by atoms with van der Waals surface area (Å²) in [7, 11) is 0.